The fourth-order valence-corrected chi connectivity index (χ4v) is 3.27. The Hall–Kier alpha value is -3.08. The van der Waals surface area contributed by atoms with E-state index in [0.29, 0.717) is 30.4 Å². The van der Waals surface area contributed by atoms with Crippen molar-refractivity contribution in [2.45, 2.75) is 19.9 Å². The molecule has 5 nitrogen and oxygen atoms in total. The molecule has 1 aromatic heterocycles. The molecule has 0 saturated heterocycles. The topological polar surface area (TPSA) is 55.6 Å². The van der Waals surface area contributed by atoms with E-state index >= 15 is 0 Å². The van der Waals surface area contributed by atoms with Crippen LogP contribution in [0.5, 0.6) is 5.75 Å². The number of aromatic nitrogens is 1. The number of oxazole rings is 1. The molecule has 0 radical (unpaired) electrons. The van der Waals surface area contributed by atoms with Gasteiger partial charge in [-0.15, -0.1) is 0 Å². The van der Waals surface area contributed by atoms with Crippen LogP contribution >= 0.6 is 0 Å². The van der Waals surface area contributed by atoms with Crippen LogP contribution in [0.15, 0.2) is 52.9 Å². The molecule has 2 heterocycles. The molecule has 0 unspecified atom stereocenters. The van der Waals surface area contributed by atoms with Gasteiger partial charge < -0.3 is 14.1 Å². The summed E-state index contributed by atoms with van der Waals surface area (Å²) in [6, 6.07) is 15.7. The summed E-state index contributed by atoms with van der Waals surface area (Å²) in [4.78, 5) is 19.3. The van der Waals surface area contributed by atoms with E-state index in [1.54, 1.807) is 14.0 Å². The maximum absolute atomic E-state index is 13.0. The number of methoxy groups -OCH3 is 1. The fraction of sp³-hybridized carbons (Fsp3) is 0.238. The van der Waals surface area contributed by atoms with E-state index in [4.69, 9.17) is 9.15 Å². The third kappa shape index (κ3) is 2.96. The van der Waals surface area contributed by atoms with Crippen LogP contribution in [-0.4, -0.2) is 29.4 Å². The molecule has 0 fully saturated rings. The van der Waals surface area contributed by atoms with Gasteiger partial charge in [-0.05, 0) is 48.7 Å². The van der Waals surface area contributed by atoms with Gasteiger partial charge in [0.1, 0.15) is 11.5 Å². The maximum Gasteiger partial charge on any atom is 0.276 e. The zero-order valence-corrected chi connectivity index (χ0v) is 14.9. The van der Waals surface area contributed by atoms with Gasteiger partial charge in [0.25, 0.3) is 5.91 Å². The Morgan fingerprint density at radius 1 is 1.12 bits per heavy atom. The Balaban J connectivity index is 1.58. The molecule has 0 saturated carbocycles. The molecule has 0 bridgehead atoms. The van der Waals surface area contributed by atoms with Crippen molar-refractivity contribution in [2.24, 2.45) is 0 Å². The van der Waals surface area contributed by atoms with Crippen molar-refractivity contribution in [3.63, 3.8) is 0 Å². The molecule has 1 amide bonds. The van der Waals surface area contributed by atoms with Crippen molar-refractivity contribution >= 4 is 5.91 Å². The number of nitrogens with zero attached hydrogens (tertiary/aromatic N) is 2. The highest BCUT2D eigenvalue weighted by atomic mass is 16.5. The minimum atomic E-state index is -0.0829. The van der Waals surface area contributed by atoms with Gasteiger partial charge in [0, 0.05) is 18.7 Å². The van der Waals surface area contributed by atoms with E-state index < -0.39 is 0 Å². The van der Waals surface area contributed by atoms with Crippen LogP contribution in [-0.2, 0) is 13.0 Å². The first-order valence-electron chi connectivity index (χ1n) is 8.63. The summed E-state index contributed by atoms with van der Waals surface area (Å²) in [5.74, 6) is 1.67. The van der Waals surface area contributed by atoms with Crippen LogP contribution in [0, 0.1) is 6.92 Å². The first-order chi connectivity index (χ1) is 12.7. The van der Waals surface area contributed by atoms with Crippen LogP contribution in [0.3, 0.4) is 0 Å². The summed E-state index contributed by atoms with van der Waals surface area (Å²) in [6.07, 6.45) is 0.865. The molecule has 26 heavy (non-hydrogen) atoms. The van der Waals surface area contributed by atoms with E-state index in [1.165, 1.54) is 11.1 Å². The van der Waals surface area contributed by atoms with E-state index in [0.717, 1.165) is 17.7 Å². The predicted molar refractivity (Wildman–Crippen MR) is 98.1 cm³/mol. The molecule has 132 valence electrons. The molecule has 0 aliphatic carbocycles. The van der Waals surface area contributed by atoms with E-state index in [1.807, 2.05) is 41.3 Å². The first-order valence-corrected chi connectivity index (χ1v) is 8.63. The molecular formula is C21H20N2O3. The van der Waals surface area contributed by atoms with Crippen molar-refractivity contribution in [1.29, 1.82) is 0 Å². The molecule has 5 heteroatoms. The summed E-state index contributed by atoms with van der Waals surface area (Å²) in [7, 11) is 1.62. The van der Waals surface area contributed by atoms with Crippen molar-refractivity contribution in [3.05, 3.63) is 71.1 Å². The zero-order chi connectivity index (χ0) is 18.1. The molecular weight excluding hydrogens is 328 g/mol. The number of amides is 1. The SMILES string of the molecule is COc1ccc(-c2nc(C(=O)N3CCc4ccccc4C3)c(C)o2)cc1. The Labute approximate surface area is 152 Å². The highest BCUT2D eigenvalue weighted by Gasteiger charge is 2.26. The number of rotatable bonds is 3. The number of hydrogen-bond donors (Lipinski definition) is 0. The number of fused-ring (bicyclic) bond motifs is 1. The monoisotopic (exact) mass is 348 g/mol. The number of carbonyl (C=O) groups is 1. The van der Waals surface area contributed by atoms with Gasteiger partial charge in [-0.1, -0.05) is 24.3 Å². The zero-order valence-electron chi connectivity index (χ0n) is 14.9. The molecule has 0 spiro atoms. The second-order valence-corrected chi connectivity index (χ2v) is 6.40. The number of ether oxygens (including phenoxy) is 1. The van der Waals surface area contributed by atoms with E-state index in [-0.39, 0.29) is 5.91 Å². The Morgan fingerprint density at radius 3 is 2.58 bits per heavy atom. The average molecular weight is 348 g/mol. The van der Waals surface area contributed by atoms with Gasteiger partial charge in [0.15, 0.2) is 5.69 Å². The third-order valence-electron chi connectivity index (χ3n) is 4.75. The number of aryl methyl sites for hydroxylation is 1. The van der Waals surface area contributed by atoms with Gasteiger partial charge in [0.2, 0.25) is 5.89 Å². The number of benzene rings is 2. The van der Waals surface area contributed by atoms with Crippen LogP contribution in [0.4, 0.5) is 0 Å². The summed E-state index contributed by atoms with van der Waals surface area (Å²) in [5.41, 5.74) is 3.71. The smallest absolute Gasteiger partial charge is 0.276 e. The minimum absolute atomic E-state index is 0.0829. The largest absolute Gasteiger partial charge is 0.497 e. The maximum atomic E-state index is 13.0. The third-order valence-corrected chi connectivity index (χ3v) is 4.75. The summed E-state index contributed by atoms with van der Waals surface area (Å²) in [6.45, 7) is 3.09. The molecule has 1 aliphatic rings. The second-order valence-electron chi connectivity index (χ2n) is 6.40. The van der Waals surface area contributed by atoms with Crippen molar-refractivity contribution in [1.82, 2.24) is 9.88 Å². The summed E-state index contributed by atoms with van der Waals surface area (Å²) >= 11 is 0. The standard InChI is InChI=1S/C21H20N2O3/c1-14-19(22-20(26-14)16-7-9-18(25-2)10-8-16)21(24)23-12-11-15-5-3-4-6-17(15)13-23/h3-10H,11-13H2,1-2H3. The molecule has 4 rings (SSSR count). The minimum Gasteiger partial charge on any atom is -0.497 e. The lowest BCUT2D eigenvalue weighted by Crippen LogP contribution is -2.36. The average Bonchev–Trinajstić information content (AvgIpc) is 3.08. The molecule has 0 N–H and O–H groups in total. The van der Waals surface area contributed by atoms with Crippen molar-refractivity contribution in [2.75, 3.05) is 13.7 Å². The second kappa shape index (κ2) is 6.67. The van der Waals surface area contributed by atoms with Crippen LogP contribution in [0.1, 0.15) is 27.4 Å². The van der Waals surface area contributed by atoms with Crippen LogP contribution in [0.2, 0.25) is 0 Å². The highest BCUT2D eigenvalue weighted by molar-refractivity contribution is 5.93. The lowest BCUT2D eigenvalue weighted by atomic mass is 10.00. The van der Waals surface area contributed by atoms with Crippen LogP contribution in [0.25, 0.3) is 11.5 Å². The highest BCUT2D eigenvalue weighted by Crippen LogP contribution is 2.26. The fourth-order valence-electron chi connectivity index (χ4n) is 3.27. The quantitative estimate of drug-likeness (QED) is 0.721. The summed E-state index contributed by atoms with van der Waals surface area (Å²) < 4.78 is 10.9. The van der Waals surface area contributed by atoms with Crippen molar-refractivity contribution < 1.29 is 13.9 Å². The summed E-state index contributed by atoms with van der Waals surface area (Å²) in [5, 5.41) is 0. The molecule has 1 aliphatic heterocycles. The van der Waals surface area contributed by atoms with Gasteiger partial charge in [-0.25, -0.2) is 4.98 Å². The lowest BCUT2D eigenvalue weighted by Gasteiger charge is -2.28. The van der Waals surface area contributed by atoms with Gasteiger partial charge in [-0.3, -0.25) is 4.79 Å². The first kappa shape index (κ1) is 16.4. The molecule has 0 atom stereocenters. The van der Waals surface area contributed by atoms with Crippen LogP contribution < -0.4 is 4.74 Å². The number of hydrogen-bond acceptors (Lipinski definition) is 4. The van der Waals surface area contributed by atoms with Gasteiger partial charge >= 0.3 is 0 Å². The normalized spacial score (nSPS) is 13.4. The molecule has 2 aromatic carbocycles. The van der Waals surface area contributed by atoms with Crippen molar-refractivity contribution in [3.8, 4) is 17.2 Å². The van der Waals surface area contributed by atoms with E-state index in [2.05, 4.69) is 17.1 Å². The Kier molecular flexibility index (Phi) is 4.21. The van der Waals surface area contributed by atoms with E-state index in [9.17, 15) is 4.79 Å². The Bertz CT molecular complexity index is 944. The predicted octanol–water partition coefficient (Wildman–Crippen LogP) is 3.86. The van der Waals surface area contributed by atoms with Gasteiger partial charge in [0.05, 0.1) is 7.11 Å². The van der Waals surface area contributed by atoms with Gasteiger partial charge in [-0.2, -0.15) is 0 Å². The Morgan fingerprint density at radius 2 is 1.85 bits per heavy atom. The number of carbonyl (C=O) groups excluding carboxylic acids is 1. The molecule has 3 aromatic rings. The lowest BCUT2D eigenvalue weighted by molar-refractivity contribution is 0.0727.